The molecule has 2 aromatic carbocycles. The molecule has 244 valence electrons. The Kier molecular flexibility index (Phi) is 8.21. The molecule has 8 nitrogen and oxygen atoms in total. The average Bonchev–Trinajstić information content (AvgIpc) is 2.93. The van der Waals surface area contributed by atoms with Crippen LogP contribution in [0.15, 0.2) is 53.3 Å². The van der Waals surface area contributed by atoms with Gasteiger partial charge in [-0.05, 0) is 66.3 Å². The van der Waals surface area contributed by atoms with E-state index in [9.17, 15) is 39.6 Å². The zero-order chi connectivity index (χ0) is 34.1. The van der Waals surface area contributed by atoms with Gasteiger partial charge in [0.2, 0.25) is 5.78 Å². The third-order valence-corrected chi connectivity index (χ3v) is 10.5. The van der Waals surface area contributed by atoms with Gasteiger partial charge in [0.05, 0.1) is 5.56 Å². The van der Waals surface area contributed by atoms with Crippen LogP contribution in [0, 0.1) is 28.6 Å². The van der Waals surface area contributed by atoms with E-state index in [4.69, 9.17) is 0 Å². The highest BCUT2D eigenvalue weighted by molar-refractivity contribution is 6.24. The van der Waals surface area contributed by atoms with Crippen LogP contribution >= 0.6 is 0 Å². The number of ketones is 4. The van der Waals surface area contributed by atoms with Crippen molar-refractivity contribution in [3.05, 3.63) is 70.0 Å². The number of hydrogen-bond donors (Lipinski definition) is 4. The molecule has 3 aliphatic carbocycles. The smallest absolute Gasteiger partial charge is 0.203 e. The first-order valence-electron chi connectivity index (χ1n) is 16.0. The molecule has 1 fully saturated rings. The quantitative estimate of drug-likeness (QED) is 0.245. The number of rotatable bonds is 8. The molecule has 1 saturated carbocycles. The van der Waals surface area contributed by atoms with Crippen LogP contribution in [0.3, 0.4) is 0 Å². The maximum Gasteiger partial charge on any atom is 0.203 e. The normalized spacial score (nSPS) is 27.6. The fraction of sp³-hybridized carbons (Fsp3) is 0.474. The van der Waals surface area contributed by atoms with E-state index in [0.717, 1.165) is 23.6 Å². The predicted molar refractivity (Wildman–Crippen MR) is 174 cm³/mol. The summed E-state index contributed by atoms with van der Waals surface area (Å²) in [5.74, 6) is -4.91. The molecule has 0 aliphatic heterocycles. The minimum absolute atomic E-state index is 0.0311. The van der Waals surface area contributed by atoms with E-state index in [0.29, 0.717) is 30.7 Å². The van der Waals surface area contributed by atoms with Crippen molar-refractivity contribution in [1.82, 2.24) is 0 Å². The summed E-state index contributed by atoms with van der Waals surface area (Å²) in [5, 5.41) is 46.3. The Balaban J connectivity index is 1.63. The Bertz CT molecular complexity index is 1730. The van der Waals surface area contributed by atoms with Crippen LogP contribution in [0.5, 0.6) is 5.75 Å². The van der Waals surface area contributed by atoms with Gasteiger partial charge < -0.3 is 20.4 Å². The fourth-order valence-corrected chi connectivity index (χ4v) is 8.68. The van der Waals surface area contributed by atoms with E-state index in [2.05, 4.69) is 0 Å². The summed E-state index contributed by atoms with van der Waals surface area (Å²) in [6.07, 6.45) is 1.86. The molecule has 1 unspecified atom stereocenters. The van der Waals surface area contributed by atoms with E-state index in [1.165, 1.54) is 6.07 Å². The van der Waals surface area contributed by atoms with Gasteiger partial charge in [-0.25, -0.2) is 0 Å². The van der Waals surface area contributed by atoms with Gasteiger partial charge in [0, 0.05) is 35.2 Å². The Hall–Kier alpha value is -4.04. The Labute approximate surface area is 269 Å². The van der Waals surface area contributed by atoms with Crippen LogP contribution in [-0.2, 0) is 32.0 Å². The van der Waals surface area contributed by atoms with Gasteiger partial charge in [-0.1, -0.05) is 71.9 Å². The molecule has 0 amide bonds. The zero-order valence-corrected chi connectivity index (χ0v) is 27.7. The second-order valence-corrected chi connectivity index (χ2v) is 14.8. The number of Topliss-reactive ketones (excluding diaryl/α,β-unsaturated/α-hetero) is 4. The second-order valence-electron chi connectivity index (χ2n) is 14.8. The van der Waals surface area contributed by atoms with E-state index < -0.39 is 62.7 Å². The number of carbonyl (C=O) groups is 4. The van der Waals surface area contributed by atoms with Gasteiger partial charge in [-0.3, -0.25) is 19.2 Å². The third-order valence-electron chi connectivity index (χ3n) is 10.5. The molecule has 0 radical (unpaired) electrons. The van der Waals surface area contributed by atoms with Gasteiger partial charge in [0.15, 0.2) is 17.2 Å². The molecule has 0 bridgehead atoms. The Morgan fingerprint density at radius 3 is 2.15 bits per heavy atom. The van der Waals surface area contributed by atoms with Crippen molar-refractivity contribution < 1.29 is 39.6 Å². The van der Waals surface area contributed by atoms with Gasteiger partial charge in [0.25, 0.3) is 0 Å². The predicted octanol–water partition coefficient (Wildman–Crippen LogP) is 6.40. The van der Waals surface area contributed by atoms with Crippen molar-refractivity contribution in [3.63, 3.8) is 0 Å². The lowest BCUT2D eigenvalue weighted by atomic mass is 9.43. The fourth-order valence-electron chi connectivity index (χ4n) is 8.68. The van der Waals surface area contributed by atoms with Crippen molar-refractivity contribution in [2.75, 3.05) is 0 Å². The summed E-state index contributed by atoms with van der Waals surface area (Å²) in [7, 11) is 0. The minimum atomic E-state index is -2.64. The second kappa shape index (κ2) is 11.3. The highest BCUT2D eigenvalue weighted by Crippen LogP contribution is 2.65. The average molecular weight is 629 g/mol. The van der Waals surface area contributed by atoms with Crippen LogP contribution in [0.1, 0.15) is 84.4 Å². The first kappa shape index (κ1) is 33.3. The number of aliphatic hydroxyl groups excluding tert-OH is 2. The Morgan fingerprint density at radius 1 is 0.957 bits per heavy atom. The van der Waals surface area contributed by atoms with Gasteiger partial charge >= 0.3 is 0 Å². The highest BCUT2D eigenvalue weighted by Gasteiger charge is 2.72. The number of allylic oxidation sites excluding steroid dienone is 1. The van der Waals surface area contributed by atoms with Crippen LogP contribution in [0.4, 0.5) is 0 Å². The van der Waals surface area contributed by atoms with Crippen LogP contribution in [-0.4, -0.2) is 49.2 Å². The molecule has 0 saturated heterocycles. The van der Waals surface area contributed by atoms with Crippen molar-refractivity contribution >= 4 is 28.9 Å². The lowest BCUT2D eigenvalue weighted by Gasteiger charge is -2.59. The zero-order valence-electron chi connectivity index (χ0n) is 27.7. The summed E-state index contributed by atoms with van der Waals surface area (Å²) in [4.78, 5) is 53.0. The van der Waals surface area contributed by atoms with Crippen molar-refractivity contribution in [2.45, 2.75) is 86.2 Å². The molecule has 4 atom stereocenters. The largest absolute Gasteiger partial charge is 0.508 e. The van der Waals surface area contributed by atoms with Crippen molar-refractivity contribution in [3.8, 4) is 16.9 Å². The molecular formula is C38H44O8. The first-order chi connectivity index (χ1) is 21.4. The maximum atomic E-state index is 14.5. The number of aliphatic hydroxyl groups is 3. The van der Waals surface area contributed by atoms with Gasteiger partial charge in [-0.2, -0.15) is 0 Å². The first-order valence-corrected chi connectivity index (χ1v) is 16.0. The summed E-state index contributed by atoms with van der Waals surface area (Å²) < 4.78 is 0. The number of hydrogen-bond acceptors (Lipinski definition) is 8. The summed E-state index contributed by atoms with van der Waals surface area (Å²) in [5.41, 5.74) is -2.76. The number of fused-ring (bicyclic) bond motifs is 3. The van der Waals surface area contributed by atoms with E-state index in [1.807, 2.05) is 38.1 Å². The van der Waals surface area contributed by atoms with Crippen LogP contribution in [0.2, 0.25) is 0 Å². The molecule has 5 rings (SSSR count). The van der Waals surface area contributed by atoms with Gasteiger partial charge in [-0.15, -0.1) is 0 Å². The summed E-state index contributed by atoms with van der Waals surface area (Å²) in [6, 6.07) is 11.0. The molecule has 3 aliphatic rings. The molecule has 2 aromatic rings. The van der Waals surface area contributed by atoms with Crippen molar-refractivity contribution in [1.29, 1.82) is 0 Å². The maximum absolute atomic E-state index is 14.5. The van der Waals surface area contributed by atoms with Crippen LogP contribution < -0.4 is 0 Å². The monoisotopic (exact) mass is 628 g/mol. The van der Waals surface area contributed by atoms with Gasteiger partial charge in [0.1, 0.15) is 28.6 Å². The Morgan fingerprint density at radius 2 is 1.59 bits per heavy atom. The summed E-state index contributed by atoms with van der Waals surface area (Å²) in [6.45, 7) is 12.1. The van der Waals surface area contributed by atoms with E-state index >= 15 is 0 Å². The molecule has 0 spiro atoms. The minimum Gasteiger partial charge on any atom is -0.508 e. The topological polar surface area (TPSA) is 149 Å². The molecule has 4 N–H and O–H groups in total. The number of benzene rings is 2. The number of phenolic OH excluding ortho intramolecular Hbond substituents is 1. The molecular weight excluding hydrogens is 584 g/mol. The van der Waals surface area contributed by atoms with E-state index in [-0.39, 0.29) is 35.5 Å². The number of phenols is 1. The van der Waals surface area contributed by atoms with Crippen LogP contribution in [0.25, 0.3) is 16.9 Å². The lowest BCUT2D eigenvalue weighted by Crippen LogP contribution is -2.69. The number of aromatic hydroxyl groups is 1. The number of aryl methyl sites for hydroxylation is 1. The standard InChI is InChI=1S/C38H44O8/c1-19(2)16-24(40)13-10-22-8-11-23(12-9-22)25-14-15-27(41)29-26(25)17-36(6)18-37(7)30(20(3)4)32(42)28(21(5)39)34(44)38(37,46)35(45)31(36)33(29)43/h8-9,11-12,14-15,19-20,30,41,43-44,46H,10,13,16-18H2,1-7H3/t30?,36-,37-,38+/m1/s1. The highest BCUT2D eigenvalue weighted by atomic mass is 16.3. The summed E-state index contributed by atoms with van der Waals surface area (Å²) >= 11 is 0. The van der Waals surface area contributed by atoms with Crippen molar-refractivity contribution in [2.24, 2.45) is 28.6 Å². The molecule has 0 aromatic heterocycles. The molecule has 8 heteroatoms. The molecule has 46 heavy (non-hydrogen) atoms. The molecule has 0 heterocycles. The SMILES string of the molecule is CC(=O)C1=C(O)[C@]2(O)C(=O)C3=C(O)c4c(O)ccc(-c5ccc(CCC(=O)CC(C)C)cc5)c4C[C@]3(C)C[C@]2(C)C(C(C)C)C1=O. The number of carbonyl (C=O) groups excluding carboxylic acids is 4. The third kappa shape index (κ3) is 4.84. The lowest BCUT2D eigenvalue weighted by molar-refractivity contribution is -0.178. The van der Waals surface area contributed by atoms with E-state index in [1.54, 1.807) is 33.8 Å².